The Balaban J connectivity index is 1.85. The SMILES string of the molecule is CCC1CCCCN1c1cc(N2CCCCCC2)nc(C)n1. The maximum atomic E-state index is 4.76. The standard InChI is InChI=1S/C18H30N4/c1-3-16-10-6-9-13-22(16)18-14-17(19-15(2)20-18)21-11-7-4-5-8-12-21/h14,16H,3-13H2,1-2H3. The highest BCUT2D eigenvalue weighted by Gasteiger charge is 2.23. The van der Waals surface area contributed by atoms with E-state index in [4.69, 9.17) is 9.97 Å². The second-order valence-electron chi connectivity index (χ2n) is 6.78. The Morgan fingerprint density at radius 1 is 0.955 bits per heavy atom. The summed E-state index contributed by atoms with van der Waals surface area (Å²) in [4.78, 5) is 14.5. The van der Waals surface area contributed by atoms with Crippen LogP contribution in [0, 0.1) is 6.92 Å². The van der Waals surface area contributed by atoms with Crippen LogP contribution in [0.25, 0.3) is 0 Å². The number of hydrogen-bond acceptors (Lipinski definition) is 4. The molecule has 4 nitrogen and oxygen atoms in total. The van der Waals surface area contributed by atoms with Crippen molar-refractivity contribution in [1.82, 2.24) is 9.97 Å². The van der Waals surface area contributed by atoms with E-state index in [9.17, 15) is 0 Å². The van der Waals surface area contributed by atoms with Crippen LogP contribution >= 0.6 is 0 Å². The molecule has 1 atom stereocenters. The number of hydrogen-bond donors (Lipinski definition) is 0. The zero-order valence-corrected chi connectivity index (χ0v) is 14.2. The molecule has 2 saturated heterocycles. The minimum atomic E-state index is 0.653. The van der Waals surface area contributed by atoms with Crippen molar-refractivity contribution in [3.63, 3.8) is 0 Å². The van der Waals surface area contributed by atoms with Crippen molar-refractivity contribution in [3.8, 4) is 0 Å². The molecule has 1 aromatic heterocycles. The van der Waals surface area contributed by atoms with Crippen molar-refractivity contribution in [1.29, 1.82) is 0 Å². The van der Waals surface area contributed by atoms with Crippen LogP contribution < -0.4 is 9.80 Å². The first-order valence-corrected chi connectivity index (χ1v) is 9.15. The number of rotatable bonds is 3. The summed E-state index contributed by atoms with van der Waals surface area (Å²) in [5, 5.41) is 0. The first-order valence-electron chi connectivity index (χ1n) is 9.15. The summed E-state index contributed by atoms with van der Waals surface area (Å²) >= 11 is 0. The van der Waals surface area contributed by atoms with Crippen LogP contribution in [0.3, 0.4) is 0 Å². The van der Waals surface area contributed by atoms with Gasteiger partial charge in [-0.05, 0) is 45.4 Å². The zero-order chi connectivity index (χ0) is 15.4. The van der Waals surface area contributed by atoms with Gasteiger partial charge >= 0.3 is 0 Å². The first kappa shape index (κ1) is 15.6. The maximum absolute atomic E-state index is 4.76. The molecule has 0 aliphatic carbocycles. The van der Waals surface area contributed by atoms with E-state index >= 15 is 0 Å². The van der Waals surface area contributed by atoms with Crippen LogP contribution in [0.4, 0.5) is 11.6 Å². The third kappa shape index (κ3) is 3.53. The fourth-order valence-electron chi connectivity index (χ4n) is 3.87. The molecular formula is C18H30N4. The fourth-order valence-corrected chi connectivity index (χ4v) is 3.87. The predicted octanol–water partition coefficient (Wildman–Crippen LogP) is 3.93. The van der Waals surface area contributed by atoms with E-state index in [-0.39, 0.29) is 0 Å². The molecule has 22 heavy (non-hydrogen) atoms. The van der Waals surface area contributed by atoms with Crippen LogP contribution in [0.1, 0.15) is 64.1 Å². The summed E-state index contributed by atoms with van der Waals surface area (Å²) in [6.45, 7) is 7.77. The Labute approximate surface area is 134 Å². The van der Waals surface area contributed by atoms with Crippen LogP contribution in [-0.2, 0) is 0 Å². The van der Waals surface area contributed by atoms with Crippen molar-refractivity contribution >= 4 is 11.6 Å². The second-order valence-corrected chi connectivity index (χ2v) is 6.78. The molecule has 0 saturated carbocycles. The van der Waals surface area contributed by atoms with E-state index in [1.165, 1.54) is 51.4 Å². The number of anilines is 2. The molecule has 2 fully saturated rings. The van der Waals surface area contributed by atoms with Gasteiger partial charge < -0.3 is 9.80 Å². The van der Waals surface area contributed by atoms with E-state index < -0.39 is 0 Å². The second kappa shape index (κ2) is 7.30. The molecule has 0 N–H and O–H groups in total. The van der Waals surface area contributed by atoms with E-state index in [0.29, 0.717) is 6.04 Å². The molecule has 0 amide bonds. The third-order valence-corrected chi connectivity index (χ3v) is 5.13. The lowest BCUT2D eigenvalue weighted by Gasteiger charge is -2.36. The highest BCUT2D eigenvalue weighted by molar-refractivity contribution is 5.52. The lowest BCUT2D eigenvalue weighted by atomic mass is 10.00. The molecular weight excluding hydrogens is 272 g/mol. The summed E-state index contributed by atoms with van der Waals surface area (Å²) in [6, 6.07) is 2.90. The van der Waals surface area contributed by atoms with Crippen molar-refractivity contribution in [2.24, 2.45) is 0 Å². The molecule has 1 aromatic rings. The maximum Gasteiger partial charge on any atom is 0.134 e. The lowest BCUT2D eigenvalue weighted by molar-refractivity contribution is 0.446. The molecule has 2 aliphatic heterocycles. The van der Waals surface area contributed by atoms with Crippen LogP contribution in [0.15, 0.2) is 6.07 Å². The van der Waals surface area contributed by atoms with Crippen LogP contribution in [0.2, 0.25) is 0 Å². The predicted molar refractivity (Wildman–Crippen MR) is 92.7 cm³/mol. The molecule has 4 heteroatoms. The topological polar surface area (TPSA) is 32.3 Å². The lowest BCUT2D eigenvalue weighted by Crippen LogP contribution is -2.40. The highest BCUT2D eigenvalue weighted by atomic mass is 15.3. The molecule has 3 heterocycles. The summed E-state index contributed by atoms with van der Waals surface area (Å²) in [7, 11) is 0. The van der Waals surface area contributed by atoms with Crippen LogP contribution in [0.5, 0.6) is 0 Å². The van der Waals surface area contributed by atoms with Gasteiger partial charge in [0.15, 0.2) is 0 Å². The summed E-state index contributed by atoms with van der Waals surface area (Å²) < 4.78 is 0. The van der Waals surface area contributed by atoms with Crippen molar-refractivity contribution < 1.29 is 0 Å². The van der Waals surface area contributed by atoms with Gasteiger partial charge in [-0.2, -0.15) is 0 Å². The zero-order valence-electron chi connectivity index (χ0n) is 14.2. The smallest absolute Gasteiger partial charge is 0.134 e. The quantitative estimate of drug-likeness (QED) is 0.846. The van der Waals surface area contributed by atoms with Gasteiger partial charge in [0.1, 0.15) is 17.5 Å². The van der Waals surface area contributed by atoms with Crippen molar-refractivity contribution in [2.45, 2.75) is 71.3 Å². The van der Waals surface area contributed by atoms with Crippen LogP contribution in [-0.4, -0.2) is 35.6 Å². The molecule has 1 unspecified atom stereocenters. The van der Waals surface area contributed by atoms with Gasteiger partial charge in [-0.15, -0.1) is 0 Å². The fraction of sp³-hybridized carbons (Fsp3) is 0.778. The molecule has 2 aliphatic rings. The molecule has 122 valence electrons. The van der Waals surface area contributed by atoms with Crippen molar-refractivity contribution in [2.75, 3.05) is 29.4 Å². The summed E-state index contributed by atoms with van der Waals surface area (Å²) in [6.07, 6.45) is 10.5. The Hall–Kier alpha value is -1.32. The Morgan fingerprint density at radius 2 is 1.64 bits per heavy atom. The first-order chi connectivity index (χ1) is 10.8. The van der Waals surface area contributed by atoms with Gasteiger partial charge in [0.25, 0.3) is 0 Å². The Morgan fingerprint density at radius 3 is 2.36 bits per heavy atom. The number of nitrogens with zero attached hydrogens (tertiary/aromatic N) is 4. The Bertz CT molecular complexity index is 480. The van der Waals surface area contributed by atoms with E-state index in [2.05, 4.69) is 22.8 Å². The van der Waals surface area contributed by atoms with Gasteiger partial charge in [-0.1, -0.05) is 19.8 Å². The average molecular weight is 302 g/mol. The number of aromatic nitrogens is 2. The molecule has 0 bridgehead atoms. The Kier molecular flexibility index (Phi) is 5.16. The van der Waals surface area contributed by atoms with E-state index in [0.717, 1.165) is 37.1 Å². The van der Waals surface area contributed by atoms with Gasteiger partial charge in [-0.25, -0.2) is 9.97 Å². The highest BCUT2D eigenvalue weighted by Crippen LogP contribution is 2.28. The number of piperidine rings is 1. The number of aryl methyl sites for hydroxylation is 1. The largest absolute Gasteiger partial charge is 0.356 e. The van der Waals surface area contributed by atoms with Gasteiger partial charge in [-0.3, -0.25) is 0 Å². The van der Waals surface area contributed by atoms with E-state index in [1.807, 2.05) is 6.92 Å². The molecule has 0 radical (unpaired) electrons. The van der Waals surface area contributed by atoms with Gasteiger partial charge in [0, 0.05) is 31.7 Å². The minimum Gasteiger partial charge on any atom is -0.356 e. The minimum absolute atomic E-state index is 0.653. The molecule has 0 spiro atoms. The van der Waals surface area contributed by atoms with Crippen molar-refractivity contribution in [3.05, 3.63) is 11.9 Å². The van der Waals surface area contributed by atoms with E-state index in [1.54, 1.807) is 0 Å². The average Bonchev–Trinajstić information content (AvgIpc) is 2.83. The molecule has 0 aromatic carbocycles. The summed E-state index contributed by atoms with van der Waals surface area (Å²) in [5.74, 6) is 3.21. The normalized spacial score (nSPS) is 23.5. The van der Waals surface area contributed by atoms with Gasteiger partial charge in [0.2, 0.25) is 0 Å². The summed E-state index contributed by atoms with van der Waals surface area (Å²) in [5.41, 5.74) is 0. The monoisotopic (exact) mass is 302 g/mol. The molecule has 3 rings (SSSR count). The third-order valence-electron chi connectivity index (χ3n) is 5.13. The van der Waals surface area contributed by atoms with Gasteiger partial charge in [0.05, 0.1) is 0 Å².